The number of hydrazone groups is 1. The van der Waals surface area contributed by atoms with Gasteiger partial charge >= 0.3 is 0 Å². The average Bonchev–Trinajstić information content (AvgIpc) is 2.47. The number of likely N-dealkylation sites (N-methyl/N-ethyl adjacent to an activating group) is 1. The highest BCUT2D eigenvalue weighted by Gasteiger charge is 2.10. The molecule has 98 valence electrons. The van der Waals surface area contributed by atoms with E-state index in [1.54, 1.807) is 0 Å². The van der Waals surface area contributed by atoms with Crippen LogP contribution in [0.2, 0.25) is 0 Å². The van der Waals surface area contributed by atoms with Crippen LogP contribution >= 0.6 is 0 Å². The molecule has 0 saturated carbocycles. The number of benzene rings is 2. The quantitative estimate of drug-likeness (QED) is 0.765. The van der Waals surface area contributed by atoms with Crippen LogP contribution in [0.5, 0.6) is 0 Å². The van der Waals surface area contributed by atoms with Gasteiger partial charge in [-0.3, -0.25) is 5.01 Å². The first-order valence-electron chi connectivity index (χ1n) is 6.78. The van der Waals surface area contributed by atoms with Crippen molar-refractivity contribution in [1.29, 1.82) is 0 Å². The molecule has 0 radical (unpaired) electrons. The molecule has 1 aliphatic heterocycles. The van der Waals surface area contributed by atoms with E-state index in [1.165, 1.54) is 16.3 Å². The number of piperazine rings is 1. The van der Waals surface area contributed by atoms with Crippen molar-refractivity contribution >= 4 is 17.0 Å². The lowest BCUT2D eigenvalue weighted by Gasteiger charge is -2.30. The Morgan fingerprint density at radius 3 is 2.53 bits per heavy atom. The van der Waals surface area contributed by atoms with Crippen LogP contribution in [0.3, 0.4) is 0 Å². The van der Waals surface area contributed by atoms with Crippen molar-refractivity contribution in [3.05, 3.63) is 48.0 Å². The lowest BCUT2D eigenvalue weighted by molar-refractivity contribution is 0.159. The molecule has 0 spiro atoms. The summed E-state index contributed by atoms with van der Waals surface area (Å²) in [5.41, 5.74) is 1.19. The van der Waals surface area contributed by atoms with Crippen molar-refractivity contribution in [2.24, 2.45) is 5.10 Å². The number of fused-ring (bicyclic) bond motifs is 1. The smallest absolute Gasteiger partial charge is 0.0549 e. The maximum atomic E-state index is 4.62. The van der Waals surface area contributed by atoms with Gasteiger partial charge < -0.3 is 4.90 Å². The molecule has 0 atom stereocenters. The summed E-state index contributed by atoms with van der Waals surface area (Å²) in [6, 6.07) is 14.8. The molecule has 0 bridgehead atoms. The van der Waals surface area contributed by atoms with Gasteiger partial charge in [-0.1, -0.05) is 42.5 Å². The van der Waals surface area contributed by atoms with Gasteiger partial charge in [0.05, 0.1) is 6.21 Å². The minimum absolute atomic E-state index is 1.01. The lowest BCUT2D eigenvalue weighted by Crippen LogP contribution is -2.41. The van der Waals surface area contributed by atoms with E-state index in [0.29, 0.717) is 0 Å². The lowest BCUT2D eigenvalue weighted by atomic mass is 10.1. The Morgan fingerprint density at radius 2 is 1.68 bits per heavy atom. The van der Waals surface area contributed by atoms with Gasteiger partial charge in [-0.25, -0.2) is 0 Å². The summed E-state index contributed by atoms with van der Waals surface area (Å²) in [6.07, 6.45) is 1.99. The molecule has 0 unspecified atom stereocenters. The first-order chi connectivity index (χ1) is 9.33. The van der Waals surface area contributed by atoms with E-state index in [0.717, 1.165) is 26.2 Å². The van der Waals surface area contributed by atoms with Crippen LogP contribution in [0.4, 0.5) is 0 Å². The van der Waals surface area contributed by atoms with Gasteiger partial charge in [-0.15, -0.1) is 0 Å². The minimum Gasteiger partial charge on any atom is -0.303 e. The maximum Gasteiger partial charge on any atom is 0.0549 e. The van der Waals surface area contributed by atoms with Gasteiger partial charge in [0.15, 0.2) is 0 Å². The first kappa shape index (κ1) is 12.2. The molecule has 3 rings (SSSR count). The second-order valence-corrected chi connectivity index (χ2v) is 5.07. The van der Waals surface area contributed by atoms with E-state index in [2.05, 4.69) is 64.5 Å². The Hall–Kier alpha value is -1.87. The molecule has 3 nitrogen and oxygen atoms in total. The molecular weight excluding hydrogens is 234 g/mol. The van der Waals surface area contributed by atoms with Crippen LogP contribution in [0, 0.1) is 0 Å². The second-order valence-electron chi connectivity index (χ2n) is 5.07. The summed E-state index contributed by atoms with van der Waals surface area (Å²) >= 11 is 0. The van der Waals surface area contributed by atoms with E-state index in [4.69, 9.17) is 0 Å². The Balaban J connectivity index is 1.81. The third-order valence-electron chi connectivity index (χ3n) is 3.66. The van der Waals surface area contributed by atoms with Crippen molar-refractivity contribution in [2.45, 2.75) is 0 Å². The van der Waals surface area contributed by atoms with E-state index in [9.17, 15) is 0 Å². The molecule has 1 aliphatic rings. The van der Waals surface area contributed by atoms with Crippen molar-refractivity contribution in [3.63, 3.8) is 0 Å². The number of rotatable bonds is 2. The Labute approximate surface area is 114 Å². The standard InChI is InChI=1S/C16H19N3/c1-18-9-11-19(12-10-18)17-13-15-7-4-6-14-5-2-3-8-16(14)15/h2-8,13H,9-12H2,1H3/b17-13-. The molecule has 1 heterocycles. The first-order valence-corrected chi connectivity index (χ1v) is 6.78. The fourth-order valence-electron chi connectivity index (χ4n) is 2.42. The van der Waals surface area contributed by atoms with E-state index >= 15 is 0 Å². The molecule has 19 heavy (non-hydrogen) atoms. The van der Waals surface area contributed by atoms with Gasteiger partial charge in [0, 0.05) is 31.7 Å². The van der Waals surface area contributed by atoms with E-state index in [1.807, 2.05) is 6.21 Å². The summed E-state index contributed by atoms with van der Waals surface area (Å²) in [4.78, 5) is 2.34. The number of nitrogens with zero attached hydrogens (tertiary/aromatic N) is 3. The molecular formula is C16H19N3. The zero-order valence-electron chi connectivity index (χ0n) is 11.3. The molecule has 1 fully saturated rings. The molecule has 0 amide bonds. The zero-order chi connectivity index (χ0) is 13.1. The average molecular weight is 253 g/mol. The van der Waals surface area contributed by atoms with Gasteiger partial charge in [-0.05, 0) is 17.8 Å². The zero-order valence-corrected chi connectivity index (χ0v) is 11.3. The highest BCUT2D eigenvalue weighted by molar-refractivity contribution is 5.99. The van der Waals surface area contributed by atoms with Gasteiger partial charge in [0.25, 0.3) is 0 Å². The highest BCUT2D eigenvalue weighted by atomic mass is 15.5. The normalized spacial score (nSPS) is 17.4. The molecule has 0 N–H and O–H groups in total. The molecule has 2 aromatic carbocycles. The summed E-state index contributed by atoms with van der Waals surface area (Å²) < 4.78 is 0. The van der Waals surface area contributed by atoms with Crippen molar-refractivity contribution in [2.75, 3.05) is 33.2 Å². The summed E-state index contributed by atoms with van der Waals surface area (Å²) in [7, 11) is 2.16. The van der Waals surface area contributed by atoms with Gasteiger partial charge in [0.2, 0.25) is 0 Å². The van der Waals surface area contributed by atoms with E-state index in [-0.39, 0.29) is 0 Å². The maximum absolute atomic E-state index is 4.62. The predicted octanol–water partition coefficient (Wildman–Crippen LogP) is 2.42. The molecule has 2 aromatic rings. The predicted molar refractivity (Wildman–Crippen MR) is 80.6 cm³/mol. The molecule has 3 heteroatoms. The van der Waals surface area contributed by atoms with Crippen LogP contribution in [0.1, 0.15) is 5.56 Å². The number of hydrogen-bond acceptors (Lipinski definition) is 3. The molecule has 0 aromatic heterocycles. The second kappa shape index (κ2) is 5.41. The Kier molecular flexibility index (Phi) is 3.47. The van der Waals surface area contributed by atoms with Crippen molar-refractivity contribution < 1.29 is 0 Å². The third-order valence-corrected chi connectivity index (χ3v) is 3.66. The van der Waals surface area contributed by atoms with Crippen LogP contribution in [-0.4, -0.2) is 49.4 Å². The highest BCUT2D eigenvalue weighted by Crippen LogP contribution is 2.17. The Bertz CT molecular complexity index is 578. The third kappa shape index (κ3) is 2.76. The number of hydrogen-bond donors (Lipinski definition) is 0. The van der Waals surface area contributed by atoms with Crippen LogP contribution in [0.25, 0.3) is 10.8 Å². The molecule has 0 aliphatic carbocycles. The minimum atomic E-state index is 1.01. The summed E-state index contributed by atoms with van der Waals surface area (Å²) in [5.74, 6) is 0. The van der Waals surface area contributed by atoms with Crippen LogP contribution in [0.15, 0.2) is 47.6 Å². The van der Waals surface area contributed by atoms with Crippen molar-refractivity contribution in [3.8, 4) is 0 Å². The van der Waals surface area contributed by atoms with Gasteiger partial charge in [0.1, 0.15) is 0 Å². The summed E-state index contributed by atoms with van der Waals surface area (Å²) in [5, 5.41) is 9.31. The van der Waals surface area contributed by atoms with Gasteiger partial charge in [-0.2, -0.15) is 5.10 Å². The fourth-order valence-corrected chi connectivity index (χ4v) is 2.42. The monoisotopic (exact) mass is 253 g/mol. The molecule has 1 saturated heterocycles. The van der Waals surface area contributed by atoms with Crippen LogP contribution in [-0.2, 0) is 0 Å². The largest absolute Gasteiger partial charge is 0.303 e. The topological polar surface area (TPSA) is 18.8 Å². The summed E-state index contributed by atoms with van der Waals surface area (Å²) in [6.45, 7) is 4.20. The Morgan fingerprint density at radius 1 is 0.947 bits per heavy atom. The fraction of sp³-hybridized carbons (Fsp3) is 0.312. The van der Waals surface area contributed by atoms with Crippen LogP contribution < -0.4 is 0 Å². The van der Waals surface area contributed by atoms with Crippen molar-refractivity contribution in [1.82, 2.24) is 9.91 Å². The SMILES string of the molecule is CN1CCN(/N=C\c2cccc3ccccc23)CC1. The van der Waals surface area contributed by atoms with E-state index < -0.39 is 0 Å².